The van der Waals surface area contributed by atoms with E-state index < -0.39 is 5.82 Å². The molecule has 1 aliphatic heterocycles. The Bertz CT molecular complexity index is 1290. The summed E-state index contributed by atoms with van der Waals surface area (Å²) < 4.78 is 32.0. The summed E-state index contributed by atoms with van der Waals surface area (Å²) in [4.78, 5) is 6.95. The molecule has 6 rings (SSSR count). The quantitative estimate of drug-likeness (QED) is 0.409. The predicted molar refractivity (Wildman–Crippen MR) is 122 cm³/mol. The minimum absolute atomic E-state index is 0.246. The Morgan fingerprint density at radius 3 is 2.67 bits per heavy atom. The number of nitrogens with zero attached hydrogens (tertiary/aromatic N) is 6. The average molecular weight is 449 g/mol. The van der Waals surface area contributed by atoms with E-state index in [-0.39, 0.29) is 11.9 Å². The Kier molecular flexibility index (Phi) is 5.08. The van der Waals surface area contributed by atoms with Crippen LogP contribution in [0.25, 0.3) is 11.3 Å². The molecule has 0 N–H and O–H groups in total. The number of benzene rings is 1. The van der Waals surface area contributed by atoms with E-state index in [9.17, 15) is 8.78 Å². The molecule has 0 radical (unpaired) electrons. The molecular formula is C25H26F2N6. The monoisotopic (exact) mass is 448 g/mol. The van der Waals surface area contributed by atoms with Crippen molar-refractivity contribution < 1.29 is 8.78 Å². The third kappa shape index (κ3) is 3.67. The molecule has 0 spiro atoms. The summed E-state index contributed by atoms with van der Waals surface area (Å²) in [6.45, 7) is 0.737. The van der Waals surface area contributed by atoms with Crippen molar-refractivity contribution in [2.24, 2.45) is 0 Å². The highest BCUT2D eigenvalue weighted by molar-refractivity contribution is 5.61. The summed E-state index contributed by atoms with van der Waals surface area (Å²) in [6.07, 6.45) is 15.7. The van der Waals surface area contributed by atoms with E-state index in [1.54, 1.807) is 10.7 Å². The van der Waals surface area contributed by atoms with Gasteiger partial charge in [0.15, 0.2) is 5.65 Å². The van der Waals surface area contributed by atoms with Gasteiger partial charge in [-0.3, -0.25) is 0 Å². The Balaban J connectivity index is 1.34. The van der Waals surface area contributed by atoms with Crippen LogP contribution in [-0.2, 0) is 0 Å². The van der Waals surface area contributed by atoms with Crippen molar-refractivity contribution in [3.8, 4) is 5.69 Å². The summed E-state index contributed by atoms with van der Waals surface area (Å²) in [5, 5.41) is 9.07. The summed E-state index contributed by atoms with van der Waals surface area (Å²) >= 11 is 0. The molecule has 170 valence electrons. The number of rotatable bonds is 4. The number of aromatic nitrogens is 5. The fraction of sp³-hybridized carbons (Fsp3) is 0.400. The smallest absolute Gasteiger partial charge is 0.183 e. The van der Waals surface area contributed by atoms with Gasteiger partial charge >= 0.3 is 0 Å². The van der Waals surface area contributed by atoms with E-state index in [2.05, 4.69) is 21.3 Å². The minimum atomic E-state index is -0.424. The number of hydrogen-bond acceptors (Lipinski definition) is 4. The third-order valence-corrected chi connectivity index (χ3v) is 7.13. The van der Waals surface area contributed by atoms with E-state index in [1.165, 1.54) is 49.8 Å². The largest absolute Gasteiger partial charge is 0.349 e. The lowest BCUT2D eigenvalue weighted by molar-refractivity contribution is 0.443. The highest BCUT2D eigenvalue weighted by atomic mass is 19.1. The van der Waals surface area contributed by atoms with Gasteiger partial charge in [0.25, 0.3) is 0 Å². The minimum Gasteiger partial charge on any atom is -0.349 e. The van der Waals surface area contributed by atoms with Crippen LogP contribution in [-0.4, -0.2) is 30.9 Å². The molecule has 6 nitrogen and oxygen atoms in total. The van der Waals surface area contributed by atoms with Crippen molar-refractivity contribution in [3.05, 3.63) is 71.8 Å². The van der Waals surface area contributed by atoms with Crippen LogP contribution in [0, 0.1) is 11.6 Å². The molecule has 1 aliphatic carbocycles. The molecule has 3 aromatic heterocycles. The number of anilines is 1. The maximum Gasteiger partial charge on any atom is 0.183 e. The summed E-state index contributed by atoms with van der Waals surface area (Å²) in [7, 11) is 0. The summed E-state index contributed by atoms with van der Waals surface area (Å²) in [6, 6.07) is 5.30. The zero-order chi connectivity index (χ0) is 22.4. The lowest BCUT2D eigenvalue weighted by Crippen LogP contribution is -2.24. The Hall–Kier alpha value is -3.29. The Morgan fingerprint density at radius 1 is 0.909 bits per heavy atom. The zero-order valence-electron chi connectivity index (χ0n) is 18.4. The SMILES string of the molecule is Fc1ccc(F)c([C@@H]2CCCN2c2ccn3ncc(-n4cc(C5CCCCC5)cn4)c3n2)c1. The number of hydrogen-bond donors (Lipinski definition) is 0. The van der Waals surface area contributed by atoms with E-state index in [0.717, 1.165) is 37.0 Å². The lowest BCUT2D eigenvalue weighted by Gasteiger charge is -2.26. The van der Waals surface area contributed by atoms with Crippen LogP contribution in [0.5, 0.6) is 0 Å². The molecule has 1 saturated carbocycles. The molecule has 1 atom stereocenters. The fourth-order valence-corrected chi connectivity index (χ4v) is 5.42. The van der Waals surface area contributed by atoms with Crippen molar-refractivity contribution in [2.75, 3.05) is 11.4 Å². The second-order valence-corrected chi connectivity index (χ2v) is 9.15. The van der Waals surface area contributed by atoms with Crippen LogP contribution < -0.4 is 4.90 Å². The number of halogens is 2. The van der Waals surface area contributed by atoms with Crippen molar-refractivity contribution >= 4 is 11.5 Å². The average Bonchev–Trinajstić information content (AvgIpc) is 3.60. The zero-order valence-corrected chi connectivity index (χ0v) is 18.4. The first-order valence-electron chi connectivity index (χ1n) is 11.8. The van der Waals surface area contributed by atoms with E-state index in [4.69, 9.17) is 4.98 Å². The predicted octanol–water partition coefficient (Wildman–Crippen LogP) is 5.58. The fourth-order valence-electron chi connectivity index (χ4n) is 5.42. The van der Waals surface area contributed by atoms with Gasteiger partial charge in [0, 0.05) is 24.5 Å². The van der Waals surface area contributed by atoms with Crippen molar-refractivity contribution in [3.63, 3.8) is 0 Å². The van der Waals surface area contributed by atoms with Gasteiger partial charge in [0.2, 0.25) is 0 Å². The maximum absolute atomic E-state index is 14.5. The van der Waals surface area contributed by atoms with Gasteiger partial charge in [-0.25, -0.2) is 23.0 Å². The van der Waals surface area contributed by atoms with Gasteiger partial charge < -0.3 is 4.90 Å². The van der Waals surface area contributed by atoms with Gasteiger partial charge in [0.1, 0.15) is 23.1 Å². The lowest BCUT2D eigenvalue weighted by atomic mass is 9.86. The van der Waals surface area contributed by atoms with E-state index in [1.807, 2.05) is 23.1 Å². The van der Waals surface area contributed by atoms with E-state index in [0.29, 0.717) is 17.1 Å². The van der Waals surface area contributed by atoms with Gasteiger partial charge in [-0.2, -0.15) is 10.2 Å². The van der Waals surface area contributed by atoms with Crippen LogP contribution in [0.3, 0.4) is 0 Å². The molecule has 1 aromatic carbocycles. The highest BCUT2D eigenvalue weighted by Gasteiger charge is 2.30. The second kappa shape index (κ2) is 8.24. The van der Waals surface area contributed by atoms with Gasteiger partial charge in [0.05, 0.1) is 18.4 Å². The Morgan fingerprint density at radius 2 is 1.79 bits per heavy atom. The molecule has 4 heterocycles. The molecule has 4 aromatic rings. The second-order valence-electron chi connectivity index (χ2n) is 9.15. The standard InChI is InChI=1S/C25H26F2N6/c26-19-8-9-21(27)20(13-19)22-7-4-11-31(22)24-10-12-32-25(30-24)23(15-29-32)33-16-18(14-28-33)17-5-2-1-3-6-17/h8-10,12-17,22H,1-7,11H2/t22-/m0/s1. The van der Waals surface area contributed by atoms with Gasteiger partial charge in [-0.15, -0.1) is 0 Å². The van der Waals surface area contributed by atoms with Crippen LogP contribution >= 0.6 is 0 Å². The first-order chi connectivity index (χ1) is 16.2. The van der Waals surface area contributed by atoms with Gasteiger partial charge in [-0.1, -0.05) is 19.3 Å². The molecule has 0 unspecified atom stereocenters. The van der Waals surface area contributed by atoms with E-state index >= 15 is 0 Å². The normalized spacial score (nSPS) is 19.6. The molecule has 33 heavy (non-hydrogen) atoms. The molecule has 8 heteroatoms. The van der Waals surface area contributed by atoms with Gasteiger partial charge in [-0.05, 0) is 61.4 Å². The highest BCUT2D eigenvalue weighted by Crippen LogP contribution is 2.37. The molecular weight excluding hydrogens is 422 g/mol. The van der Waals surface area contributed by atoms with Crippen LogP contribution in [0.4, 0.5) is 14.6 Å². The first-order valence-corrected chi connectivity index (χ1v) is 11.8. The third-order valence-electron chi connectivity index (χ3n) is 7.13. The van der Waals surface area contributed by atoms with Crippen LogP contribution in [0.2, 0.25) is 0 Å². The van der Waals surface area contributed by atoms with Crippen LogP contribution in [0.15, 0.2) is 49.1 Å². The van der Waals surface area contributed by atoms with Crippen molar-refractivity contribution in [1.82, 2.24) is 24.4 Å². The van der Waals surface area contributed by atoms with Crippen molar-refractivity contribution in [2.45, 2.75) is 56.9 Å². The summed E-state index contributed by atoms with van der Waals surface area (Å²) in [5.41, 5.74) is 3.15. The molecule has 2 aliphatic rings. The maximum atomic E-state index is 14.5. The first kappa shape index (κ1) is 20.3. The molecule has 2 fully saturated rings. The van der Waals surface area contributed by atoms with Crippen LogP contribution in [0.1, 0.15) is 68.0 Å². The Labute approximate surface area is 190 Å². The van der Waals surface area contributed by atoms with Crippen molar-refractivity contribution in [1.29, 1.82) is 0 Å². The molecule has 1 saturated heterocycles. The molecule has 0 bridgehead atoms. The molecule has 0 amide bonds. The topological polar surface area (TPSA) is 51.2 Å². The summed E-state index contributed by atoms with van der Waals surface area (Å²) in [5.74, 6) is 0.498. The number of fused-ring (bicyclic) bond motifs is 1.